The average molecular weight is 356 g/mol. The Balaban J connectivity index is 1.29. The molecule has 1 saturated carbocycles. The molecule has 4 rings (SSSR count). The molecule has 1 saturated heterocycles. The van der Waals surface area contributed by atoms with E-state index in [2.05, 4.69) is 4.90 Å². The maximum atomic E-state index is 12.7. The summed E-state index contributed by atoms with van der Waals surface area (Å²) in [6.07, 6.45) is 7.50. The lowest BCUT2D eigenvalue weighted by Crippen LogP contribution is -2.41. The second kappa shape index (κ2) is 7.29. The highest BCUT2D eigenvalue weighted by molar-refractivity contribution is 5.98. The molecule has 5 heteroatoms. The van der Waals surface area contributed by atoms with Gasteiger partial charge in [0.2, 0.25) is 5.91 Å². The van der Waals surface area contributed by atoms with Crippen LogP contribution < -0.4 is 0 Å². The summed E-state index contributed by atoms with van der Waals surface area (Å²) in [5, 5.41) is 9.60. The first-order chi connectivity index (χ1) is 12.6. The summed E-state index contributed by atoms with van der Waals surface area (Å²) in [4.78, 5) is 29.2. The molecule has 26 heavy (non-hydrogen) atoms. The van der Waals surface area contributed by atoms with Crippen molar-refractivity contribution in [2.45, 2.75) is 51.5 Å². The van der Waals surface area contributed by atoms with E-state index < -0.39 is 0 Å². The smallest absolute Gasteiger partial charge is 0.254 e. The number of phenolic OH excluding ortho intramolecular Hbond substituents is 1. The Bertz CT molecular complexity index is 688. The van der Waals surface area contributed by atoms with Gasteiger partial charge in [-0.2, -0.15) is 0 Å². The number of fused-ring (bicyclic) bond motifs is 1. The van der Waals surface area contributed by atoms with Gasteiger partial charge >= 0.3 is 0 Å². The lowest BCUT2D eigenvalue weighted by Gasteiger charge is -2.35. The Labute approximate surface area is 155 Å². The van der Waals surface area contributed by atoms with Crippen molar-refractivity contribution in [3.8, 4) is 5.75 Å². The Kier molecular flexibility index (Phi) is 4.88. The van der Waals surface area contributed by atoms with Crippen LogP contribution in [0.2, 0.25) is 0 Å². The van der Waals surface area contributed by atoms with Gasteiger partial charge in [0, 0.05) is 37.7 Å². The molecule has 1 N–H and O–H groups in total. The first-order valence-electron chi connectivity index (χ1n) is 10.0. The summed E-state index contributed by atoms with van der Waals surface area (Å²) >= 11 is 0. The third kappa shape index (κ3) is 3.44. The lowest BCUT2D eigenvalue weighted by molar-refractivity contribution is -0.137. The molecule has 3 aliphatic rings. The molecule has 0 aromatic heterocycles. The maximum absolute atomic E-state index is 12.7. The van der Waals surface area contributed by atoms with Gasteiger partial charge in [0.25, 0.3) is 5.91 Å². The van der Waals surface area contributed by atoms with E-state index in [1.165, 1.54) is 6.42 Å². The standard InChI is InChI=1S/C21H28N2O3/c24-18-9-8-17-14-23(21(26)19(17)12-18)13-15-4-6-16(7-5-15)20(25)22-10-2-1-3-11-22/h8-9,12,15-16,24H,1-7,10-11,13-14H2/t15-,16-. The number of carbonyl (C=O) groups excluding carboxylic acids is 2. The summed E-state index contributed by atoms with van der Waals surface area (Å²) in [5.41, 5.74) is 1.64. The van der Waals surface area contributed by atoms with Crippen molar-refractivity contribution in [2.24, 2.45) is 11.8 Å². The van der Waals surface area contributed by atoms with Crippen LogP contribution in [-0.4, -0.2) is 46.4 Å². The number of hydrogen-bond acceptors (Lipinski definition) is 3. The predicted octanol–water partition coefficient (Wildman–Crippen LogP) is 3.17. The molecular weight excluding hydrogens is 328 g/mol. The van der Waals surface area contributed by atoms with Gasteiger partial charge < -0.3 is 14.9 Å². The van der Waals surface area contributed by atoms with E-state index in [-0.39, 0.29) is 17.6 Å². The summed E-state index contributed by atoms with van der Waals surface area (Å²) in [6, 6.07) is 5.07. The van der Waals surface area contributed by atoms with E-state index in [1.807, 2.05) is 11.0 Å². The van der Waals surface area contributed by atoms with Crippen molar-refractivity contribution in [1.29, 1.82) is 0 Å². The highest BCUT2D eigenvalue weighted by atomic mass is 16.3. The number of piperidine rings is 1. The lowest BCUT2D eigenvalue weighted by atomic mass is 9.81. The van der Waals surface area contributed by atoms with Crippen LogP contribution in [-0.2, 0) is 11.3 Å². The van der Waals surface area contributed by atoms with Gasteiger partial charge in [0.05, 0.1) is 0 Å². The third-order valence-electron chi connectivity index (χ3n) is 6.31. The fraction of sp³-hybridized carbons (Fsp3) is 0.619. The monoisotopic (exact) mass is 356 g/mol. The second-order valence-electron chi connectivity index (χ2n) is 8.13. The molecule has 2 heterocycles. The number of amides is 2. The molecule has 1 aromatic carbocycles. The minimum absolute atomic E-state index is 0.0300. The van der Waals surface area contributed by atoms with E-state index in [9.17, 15) is 14.7 Å². The maximum Gasteiger partial charge on any atom is 0.254 e. The molecule has 5 nitrogen and oxygen atoms in total. The van der Waals surface area contributed by atoms with Crippen LogP contribution in [0.25, 0.3) is 0 Å². The van der Waals surface area contributed by atoms with Crippen LogP contribution in [0.4, 0.5) is 0 Å². The third-order valence-corrected chi connectivity index (χ3v) is 6.31. The van der Waals surface area contributed by atoms with Crippen molar-refractivity contribution in [1.82, 2.24) is 9.80 Å². The topological polar surface area (TPSA) is 60.9 Å². The Morgan fingerprint density at radius 2 is 1.81 bits per heavy atom. The van der Waals surface area contributed by atoms with Gasteiger partial charge in [-0.1, -0.05) is 6.07 Å². The van der Waals surface area contributed by atoms with Crippen LogP contribution in [0.3, 0.4) is 0 Å². The fourth-order valence-corrected chi connectivity index (χ4v) is 4.77. The molecule has 0 bridgehead atoms. The summed E-state index contributed by atoms with van der Waals surface area (Å²) in [7, 11) is 0. The molecule has 140 valence electrons. The molecule has 0 spiro atoms. The average Bonchev–Trinajstić information content (AvgIpc) is 2.98. The number of benzene rings is 1. The van der Waals surface area contributed by atoms with Gasteiger partial charge in [-0.25, -0.2) is 0 Å². The van der Waals surface area contributed by atoms with Crippen LogP contribution >= 0.6 is 0 Å². The Morgan fingerprint density at radius 1 is 1.08 bits per heavy atom. The number of phenols is 1. The molecule has 1 aromatic rings. The Morgan fingerprint density at radius 3 is 2.54 bits per heavy atom. The SMILES string of the molecule is O=C1c2cc(O)ccc2CN1C[C@H]1CC[C@H](C(=O)N2CCCCC2)CC1. The van der Waals surface area contributed by atoms with Gasteiger partial charge in [-0.3, -0.25) is 9.59 Å². The van der Waals surface area contributed by atoms with E-state index in [0.29, 0.717) is 23.9 Å². The number of hydrogen-bond donors (Lipinski definition) is 1. The van der Waals surface area contributed by atoms with Crippen LogP contribution in [0.5, 0.6) is 5.75 Å². The van der Waals surface area contributed by atoms with Gasteiger partial charge in [-0.15, -0.1) is 0 Å². The highest BCUT2D eigenvalue weighted by Gasteiger charge is 2.33. The summed E-state index contributed by atoms with van der Waals surface area (Å²) in [5.74, 6) is 1.21. The number of nitrogens with zero attached hydrogens (tertiary/aromatic N) is 2. The number of rotatable bonds is 3. The van der Waals surface area contributed by atoms with E-state index in [1.54, 1.807) is 12.1 Å². The first-order valence-corrected chi connectivity index (χ1v) is 10.0. The number of carbonyl (C=O) groups is 2. The molecular formula is C21H28N2O3. The van der Waals surface area contributed by atoms with Crippen LogP contribution in [0.1, 0.15) is 60.9 Å². The van der Waals surface area contributed by atoms with Crippen molar-refractivity contribution in [2.75, 3.05) is 19.6 Å². The normalized spacial score (nSPS) is 26.1. The van der Waals surface area contributed by atoms with E-state index >= 15 is 0 Å². The Hall–Kier alpha value is -2.04. The van der Waals surface area contributed by atoms with Gasteiger partial charge in [0.15, 0.2) is 0 Å². The van der Waals surface area contributed by atoms with E-state index in [0.717, 1.165) is 63.7 Å². The second-order valence-corrected chi connectivity index (χ2v) is 8.13. The van der Waals surface area contributed by atoms with Crippen LogP contribution in [0, 0.1) is 11.8 Å². The summed E-state index contributed by atoms with van der Waals surface area (Å²) < 4.78 is 0. The molecule has 2 fully saturated rings. The molecule has 0 atom stereocenters. The zero-order chi connectivity index (χ0) is 18.1. The molecule has 0 radical (unpaired) electrons. The largest absolute Gasteiger partial charge is 0.508 e. The van der Waals surface area contributed by atoms with Crippen molar-refractivity contribution >= 4 is 11.8 Å². The zero-order valence-corrected chi connectivity index (χ0v) is 15.3. The van der Waals surface area contributed by atoms with Crippen molar-refractivity contribution < 1.29 is 14.7 Å². The fourth-order valence-electron chi connectivity index (χ4n) is 4.77. The molecule has 2 amide bonds. The van der Waals surface area contributed by atoms with Gasteiger partial charge in [0.1, 0.15) is 5.75 Å². The van der Waals surface area contributed by atoms with Crippen molar-refractivity contribution in [3.05, 3.63) is 29.3 Å². The van der Waals surface area contributed by atoms with Crippen molar-refractivity contribution in [3.63, 3.8) is 0 Å². The molecule has 2 aliphatic heterocycles. The minimum atomic E-state index is 0.0300. The molecule has 1 aliphatic carbocycles. The number of aromatic hydroxyl groups is 1. The number of likely N-dealkylation sites (tertiary alicyclic amines) is 1. The quantitative estimate of drug-likeness (QED) is 0.905. The van der Waals surface area contributed by atoms with E-state index in [4.69, 9.17) is 0 Å². The molecule has 0 unspecified atom stereocenters. The zero-order valence-electron chi connectivity index (χ0n) is 15.3. The predicted molar refractivity (Wildman–Crippen MR) is 98.7 cm³/mol. The summed E-state index contributed by atoms with van der Waals surface area (Å²) in [6.45, 7) is 3.28. The van der Waals surface area contributed by atoms with Crippen LogP contribution in [0.15, 0.2) is 18.2 Å². The minimum Gasteiger partial charge on any atom is -0.508 e. The first kappa shape index (κ1) is 17.4. The van der Waals surface area contributed by atoms with Gasteiger partial charge in [-0.05, 0) is 68.6 Å². The highest BCUT2D eigenvalue weighted by Crippen LogP contribution is 2.33.